The third-order valence-corrected chi connectivity index (χ3v) is 2.16. The van der Waals surface area contributed by atoms with Gasteiger partial charge in [-0.1, -0.05) is 5.57 Å². The largest absolute Gasteiger partial charge is 0.312 e. The van der Waals surface area contributed by atoms with Crippen molar-refractivity contribution in [1.29, 1.82) is 0 Å². The smallest absolute Gasteiger partial charge is 0.0638 e. The van der Waals surface area contributed by atoms with E-state index in [-0.39, 0.29) is 0 Å². The van der Waals surface area contributed by atoms with Crippen LogP contribution in [0.4, 0.5) is 0 Å². The molecule has 1 heterocycles. The van der Waals surface area contributed by atoms with Gasteiger partial charge in [0.05, 0.1) is 5.69 Å². The summed E-state index contributed by atoms with van der Waals surface area (Å²) in [7, 11) is 1.95. The Morgan fingerprint density at radius 3 is 2.86 bits per heavy atom. The zero-order valence-electron chi connectivity index (χ0n) is 9.30. The van der Waals surface area contributed by atoms with Crippen molar-refractivity contribution in [2.75, 3.05) is 6.54 Å². The van der Waals surface area contributed by atoms with Crippen LogP contribution in [0.25, 0.3) is 0 Å². The Bertz CT molecular complexity index is 312. The minimum absolute atomic E-state index is 0.896. The second kappa shape index (κ2) is 4.96. The molecule has 3 heteroatoms. The van der Waals surface area contributed by atoms with Gasteiger partial charge in [-0.3, -0.25) is 4.68 Å². The van der Waals surface area contributed by atoms with Gasteiger partial charge >= 0.3 is 0 Å². The summed E-state index contributed by atoms with van der Waals surface area (Å²) in [4.78, 5) is 0. The molecule has 1 aromatic rings. The molecule has 0 fully saturated rings. The summed E-state index contributed by atoms with van der Waals surface area (Å²) in [6.07, 6.45) is 3.10. The summed E-state index contributed by atoms with van der Waals surface area (Å²) < 4.78 is 1.85. The molecule has 0 spiro atoms. The number of aryl methyl sites for hydroxylation is 2. The van der Waals surface area contributed by atoms with E-state index in [1.165, 1.54) is 11.1 Å². The number of hydrogen-bond acceptors (Lipinski definition) is 2. The molecular weight excluding hydrogens is 174 g/mol. The molecule has 1 N–H and O–H groups in total. The quantitative estimate of drug-likeness (QED) is 0.570. The monoisotopic (exact) mass is 193 g/mol. The van der Waals surface area contributed by atoms with Crippen LogP contribution in [0.1, 0.15) is 24.6 Å². The van der Waals surface area contributed by atoms with Crippen molar-refractivity contribution in [3.8, 4) is 0 Å². The van der Waals surface area contributed by atoms with Gasteiger partial charge in [0.25, 0.3) is 0 Å². The maximum atomic E-state index is 4.28. The first kappa shape index (κ1) is 11.0. The number of nitrogens with zero attached hydrogens (tertiary/aromatic N) is 2. The van der Waals surface area contributed by atoms with E-state index in [0.29, 0.717) is 0 Å². The zero-order valence-corrected chi connectivity index (χ0v) is 9.30. The van der Waals surface area contributed by atoms with E-state index in [1.807, 2.05) is 18.7 Å². The summed E-state index contributed by atoms with van der Waals surface area (Å²) in [5, 5.41) is 7.66. The van der Waals surface area contributed by atoms with E-state index in [1.54, 1.807) is 0 Å². The highest BCUT2D eigenvalue weighted by molar-refractivity contribution is 5.14. The Morgan fingerprint density at radius 2 is 2.36 bits per heavy atom. The van der Waals surface area contributed by atoms with E-state index in [4.69, 9.17) is 0 Å². The van der Waals surface area contributed by atoms with Crippen molar-refractivity contribution in [3.63, 3.8) is 0 Å². The highest BCUT2D eigenvalue weighted by Gasteiger charge is 2.01. The van der Waals surface area contributed by atoms with Gasteiger partial charge in [-0.05, 0) is 26.8 Å². The van der Waals surface area contributed by atoms with Crippen LogP contribution in [-0.2, 0) is 13.6 Å². The molecule has 0 aliphatic carbocycles. The van der Waals surface area contributed by atoms with Crippen LogP contribution >= 0.6 is 0 Å². The fourth-order valence-corrected chi connectivity index (χ4v) is 1.35. The van der Waals surface area contributed by atoms with Crippen molar-refractivity contribution < 1.29 is 0 Å². The third kappa shape index (κ3) is 3.34. The molecule has 0 radical (unpaired) electrons. The molecular formula is C11H19N3. The fraction of sp³-hybridized carbons (Fsp3) is 0.545. The summed E-state index contributed by atoms with van der Waals surface area (Å²) in [5.41, 5.74) is 3.60. The van der Waals surface area contributed by atoms with Crippen molar-refractivity contribution in [1.82, 2.24) is 15.1 Å². The lowest BCUT2D eigenvalue weighted by Gasteiger charge is -2.02. The average Bonchev–Trinajstić information content (AvgIpc) is 2.39. The van der Waals surface area contributed by atoms with Crippen LogP contribution in [0.15, 0.2) is 18.3 Å². The highest BCUT2D eigenvalue weighted by atomic mass is 15.2. The van der Waals surface area contributed by atoms with Gasteiger partial charge in [-0.25, -0.2) is 0 Å². The van der Waals surface area contributed by atoms with Crippen molar-refractivity contribution >= 4 is 0 Å². The molecule has 0 aliphatic heterocycles. The first-order chi connectivity index (χ1) is 6.59. The van der Waals surface area contributed by atoms with Crippen molar-refractivity contribution in [2.45, 2.75) is 26.8 Å². The Morgan fingerprint density at radius 1 is 1.64 bits per heavy atom. The first-order valence-electron chi connectivity index (χ1n) is 4.94. The molecule has 1 aromatic heterocycles. The molecule has 78 valence electrons. The Balaban J connectivity index is 2.31. The van der Waals surface area contributed by atoms with Gasteiger partial charge < -0.3 is 5.32 Å². The molecule has 0 saturated carbocycles. The lowest BCUT2D eigenvalue weighted by Crippen LogP contribution is -2.15. The second-order valence-electron chi connectivity index (χ2n) is 3.80. The normalized spacial score (nSPS) is 10.5. The lowest BCUT2D eigenvalue weighted by molar-refractivity contribution is 0.682. The highest BCUT2D eigenvalue weighted by Crippen LogP contribution is 2.03. The predicted molar refractivity (Wildman–Crippen MR) is 59.1 cm³/mol. The molecule has 0 aliphatic rings. The Labute approximate surface area is 85.8 Å². The van der Waals surface area contributed by atoms with Gasteiger partial charge in [0.15, 0.2) is 0 Å². The fourth-order valence-electron chi connectivity index (χ4n) is 1.35. The van der Waals surface area contributed by atoms with Crippen LogP contribution in [0.3, 0.4) is 0 Å². The minimum Gasteiger partial charge on any atom is -0.312 e. The van der Waals surface area contributed by atoms with Crippen molar-refractivity contribution in [3.05, 3.63) is 29.6 Å². The molecule has 3 nitrogen and oxygen atoms in total. The number of nitrogens with one attached hydrogen (secondary N) is 1. The van der Waals surface area contributed by atoms with Gasteiger partial charge in [0.2, 0.25) is 0 Å². The van der Waals surface area contributed by atoms with E-state index in [9.17, 15) is 0 Å². The standard InChI is InChI=1S/C11H19N3/c1-9(2)5-6-12-7-11-8-14(4)13-10(11)3/h8,12H,1,5-7H2,2-4H3. The molecule has 1 rings (SSSR count). The number of rotatable bonds is 5. The van der Waals surface area contributed by atoms with Gasteiger partial charge in [-0.2, -0.15) is 5.10 Å². The van der Waals surface area contributed by atoms with Crippen LogP contribution in [-0.4, -0.2) is 16.3 Å². The van der Waals surface area contributed by atoms with E-state index < -0.39 is 0 Å². The molecule has 0 amide bonds. The van der Waals surface area contributed by atoms with Crippen molar-refractivity contribution in [2.24, 2.45) is 7.05 Å². The minimum atomic E-state index is 0.896. The van der Waals surface area contributed by atoms with Gasteiger partial charge in [-0.15, -0.1) is 6.58 Å². The summed E-state index contributed by atoms with van der Waals surface area (Å²) in [6, 6.07) is 0. The van der Waals surface area contributed by atoms with Gasteiger partial charge in [0.1, 0.15) is 0 Å². The van der Waals surface area contributed by atoms with Crippen LogP contribution in [0.5, 0.6) is 0 Å². The molecule has 0 bridgehead atoms. The zero-order chi connectivity index (χ0) is 10.6. The average molecular weight is 193 g/mol. The van der Waals surface area contributed by atoms with Crippen LogP contribution in [0.2, 0.25) is 0 Å². The van der Waals surface area contributed by atoms with E-state index in [2.05, 4.69) is 30.1 Å². The lowest BCUT2D eigenvalue weighted by atomic mass is 10.2. The SMILES string of the molecule is C=C(C)CCNCc1cn(C)nc1C. The number of aromatic nitrogens is 2. The third-order valence-electron chi connectivity index (χ3n) is 2.16. The van der Waals surface area contributed by atoms with Crippen LogP contribution < -0.4 is 5.32 Å². The van der Waals surface area contributed by atoms with Crippen LogP contribution in [0, 0.1) is 6.92 Å². The molecule has 0 saturated heterocycles. The predicted octanol–water partition coefficient (Wildman–Crippen LogP) is 1.78. The van der Waals surface area contributed by atoms with E-state index >= 15 is 0 Å². The van der Waals surface area contributed by atoms with E-state index in [0.717, 1.165) is 25.2 Å². The maximum Gasteiger partial charge on any atom is 0.0638 e. The molecule has 0 aromatic carbocycles. The number of hydrogen-bond donors (Lipinski definition) is 1. The Kier molecular flexibility index (Phi) is 3.89. The molecule has 0 unspecified atom stereocenters. The summed E-state index contributed by atoms with van der Waals surface area (Å²) in [6.45, 7) is 9.84. The summed E-state index contributed by atoms with van der Waals surface area (Å²) >= 11 is 0. The Hall–Kier alpha value is -1.09. The topological polar surface area (TPSA) is 29.9 Å². The molecule has 0 atom stereocenters. The molecule has 14 heavy (non-hydrogen) atoms. The van der Waals surface area contributed by atoms with Gasteiger partial charge in [0, 0.05) is 25.4 Å². The first-order valence-corrected chi connectivity index (χ1v) is 4.94. The second-order valence-corrected chi connectivity index (χ2v) is 3.80. The summed E-state index contributed by atoms with van der Waals surface area (Å²) in [5.74, 6) is 0. The maximum absolute atomic E-state index is 4.28.